The molecule has 1 spiro atoms. The maximum atomic E-state index is 14.4. The van der Waals surface area contributed by atoms with Gasteiger partial charge in [0, 0.05) is 47.8 Å². The Kier molecular flexibility index (Phi) is 3.88. The van der Waals surface area contributed by atoms with Crippen LogP contribution in [-0.2, 0) is 4.79 Å². The van der Waals surface area contributed by atoms with Crippen LogP contribution in [0.4, 0.5) is 4.39 Å². The fourth-order valence-electron chi connectivity index (χ4n) is 7.08. The van der Waals surface area contributed by atoms with Crippen molar-refractivity contribution < 1.29 is 9.18 Å². The van der Waals surface area contributed by atoms with Gasteiger partial charge >= 0.3 is 0 Å². The summed E-state index contributed by atoms with van der Waals surface area (Å²) in [7, 11) is 0. The van der Waals surface area contributed by atoms with Crippen LogP contribution in [0.25, 0.3) is 0 Å². The van der Waals surface area contributed by atoms with Crippen molar-refractivity contribution in [3.8, 4) is 0 Å². The Balaban J connectivity index is 1.32. The summed E-state index contributed by atoms with van der Waals surface area (Å²) in [5.74, 6) is 0.141. The highest BCUT2D eigenvalue weighted by molar-refractivity contribution is 6.30. The number of allylic oxidation sites excluding steroid dienone is 2. The molecule has 1 saturated heterocycles. The highest BCUT2D eigenvalue weighted by atomic mass is 19.1. The summed E-state index contributed by atoms with van der Waals surface area (Å²) in [6, 6.07) is 6.62. The number of fused-ring (bicyclic) bond motifs is 2. The highest BCUT2D eigenvalue weighted by Crippen LogP contribution is 2.85. The van der Waals surface area contributed by atoms with Gasteiger partial charge in [-0.05, 0) is 42.9 Å². The van der Waals surface area contributed by atoms with Crippen LogP contribution in [-0.4, -0.2) is 47.2 Å². The summed E-state index contributed by atoms with van der Waals surface area (Å²) in [4.78, 5) is 15.6. The third-order valence-electron chi connectivity index (χ3n) is 8.81. The van der Waals surface area contributed by atoms with Crippen LogP contribution in [0, 0.1) is 51.1 Å². The molecule has 3 aliphatic heterocycles. The number of nitrogens with zero attached hydrogens (tertiary/aromatic N) is 3. The molecule has 7 rings (SSSR count). The van der Waals surface area contributed by atoms with E-state index in [-0.39, 0.29) is 40.8 Å². The summed E-state index contributed by atoms with van der Waals surface area (Å²) in [5, 5.41) is 24.7. The van der Waals surface area contributed by atoms with Gasteiger partial charge in [0.15, 0.2) is 0 Å². The van der Waals surface area contributed by atoms with Crippen molar-refractivity contribution in [3.63, 3.8) is 0 Å². The van der Waals surface area contributed by atoms with Crippen molar-refractivity contribution in [2.24, 2.45) is 44.7 Å². The van der Waals surface area contributed by atoms with E-state index in [0.29, 0.717) is 30.1 Å². The summed E-state index contributed by atoms with van der Waals surface area (Å²) in [5.41, 5.74) is 2.85. The molecule has 1 aromatic carbocycles. The first-order valence-corrected chi connectivity index (χ1v) is 11.4. The second-order valence-corrected chi connectivity index (χ2v) is 9.96. The number of likely N-dealkylation sites (tertiary alicyclic amines) is 1. The number of nitrogens with one attached hydrogen (secondary N) is 2. The van der Waals surface area contributed by atoms with Crippen molar-refractivity contribution in [2.75, 3.05) is 13.1 Å². The number of hydrogen-bond acceptors (Lipinski definition) is 5. The van der Waals surface area contributed by atoms with E-state index in [0.717, 1.165) is 18.6 Å². The Bertz CT molecular complexity index is 1180. The Labute approximate surface area is 186 Å². The van der Waals surface area contributed by atoms with Gasteiger partial charge in [-0.3, -0.25) is 4.79 Å². The largest absolute Gasteiger partial charge is 0.340 e. The van der Waals surface area contributed by atoms with Crippen LogP contribution in [0.3, 0.4) is 0 Å². The van der Waals surface area contributed by atoms with Crippen LogP contribution in [0.2, 0.25) is 0 Å². The molecule has 3 aliphatic carbocycles. The number of rotatable bonds is 5. The molecule has 32 heavy (non-hydrogen) atoms. The first-order valence-electron chi connectivity index (χ1n) is 11.4. The molecule has 6 aliphatic rings. The van der Waals surface area contributed by atoms with E-state index in [9.17, 15) is 9.18 Å². The van der Waals surface area contributed by atoms with Gasteiger partial charge in [-0.15, -0.1) is 0 Å². The SMILES string of the molecule is CC(C=N)C(=N)C1CN(C(=O)C23CCC4C5=C/C(c6ccccc6F)=N/N=C\2C43C5C)C1. The molecule has 3 heterocycles. The third-order valence-corrected chi connectivity index (χ3v) is 8.81. The van der Waals surface area contributed by atoms with E-state index in [4.69, 9.17) is 10.8 Å². The monoisotopic (exact) mass is 431 g/mol. The second kappa shape index (κ2) is 6.30. The predicted octanol–water partition coefficient (Wildman–Crippen LogP) is 3.72. The molecule has 2 bridgehead atoms. The Hall–Kier alpha value is -2.96. The van der Waals surface area contributed by atoms with Gasteiger partial charge < -0.3 is 15.7 Å². The fourth-order valence-corrected chi connectivity index (χ4v) is 7.08. The van der Waals surface area contributed by atoms with Gasteiger partial charge in [0.1, 0.15) is 11.2 Å². The van der Waals surface area contributed by atoms with E-state index in [1.54, 1.807) is 18.2 Å². The average molecular weight is 432 g/mol. The zero-order valence-electron chi connectivity index (χ0n) is 18.2. The zero-order valence-corrected chi connectivity index (χ0v) is 18.2. The summed E-state index contributed by atoms with van der Waals surface area (Å²) in [6.07, 6.45) is 5.02. The zero-order chi connectivity index (χ0) is 22.4. The molecule has 3 saturated carbocycles. The minimum Gasteiger partial charge on any atom is -0.340 e. The standard InChI is InChI=1S/C25H26FN5O/c1-13(10-27)21(28)15-11-31(12-15)23(32)24-8-7-18-17-9-20(16-5-3-4-6-19(16)26)29-30-22(24)25(18,24)14(17)2/h3-6,9-10,13-15,18,27-28H,7-8,11-12H2,1-2H3/b17-9?,27-10?,28-21?,29-20-,30-22+. The lowest BCUT2D eigenvalue weighted by atomic mass is 9.57. The van der Waals surface area contributed by atoms with Gasteiger partial charge in [-0.1, -0.05) is 31.6 Å². The smallest absolute Gasteiger partial charge is 0.235 e. The molecule has 0 aromatic heterocycles. The third kappa shape index (κ3) is 2.07. The molecule has 1 aromatic rings. The lowest BCUT2D eigenvalue weighted by Gasteiger charge is -2.47. The highest BCUT2D eigenvalue weighted by Gasteiger charge is 2.91. The maximum Gasteiger partial charge on any atom is 0.235 e. The maximum absolute atomic E-state index is 14.4. The van der Waals surface area contributed by atoms with Gasteiger partial charge in [0.25, 0.3) is 0 Å². The molecule has 4 fully saturated rings. The van der Waals surface area contributed by atoms with E-state index < -0.39 is 5.41 Å². The Morgan fingerprint density at radius 3 is 2.78 bits per heavy atom. The van der Waals surface area contributed by atoms with Crippen LogP contribution in [0.15, 0.2) is 46.1 Å². The first-order chi connectivity index (χ1) is 15.4. The molecule has 6 nitrogen and oxygen atoms in total. The molecule has 1 amide bonds. The predicted molar refractivity (Wildman–Crippen MR) is 121 cm³/mol. The minimum absolute atomic E-state index is 0.0369. The Morgan fingerprint density at radius 2 is 2.06 bits per heavy atom. The number of amides is 1. The number of hydrogen-bond donors (Lipinski definition) is 2. The van der Waals surface area contributed by atoms with E-state index in [1.807, 2.05) is 17.9 Å². The van der Waals surface area contributed by atoms with Gasteiger partial charge in [0.2, 0.25) is 5.91 Å². The Morgan fingerprint density at radius 1 is 1.31 bits per heavy atom. The van der Waals surface area contributed by atoms with Crippen molar-refractivity contribution >= 4 is 29.3 Å². The van der Waals surface area contributed by atoms with Gasteiger partial charge in [0.05, 0.1) is 11.4 Å². The van der Waals surface area contributed by atoms with Gasteiger partial charge in [-0.25, -0.2) is 4.39 Å². The van der Waals surface area contributed by atoms with E-state index in [2.05, 4.69) is 17.1 Å². The first kappa shape index (κ1) is 19.7. The molecule has 0 radical (unpaired) electrons. The minimum atomic E-state index is -0.580. The summed E-state index contributed by atoms with van der Waals surface area (Å²) >= 11 is 0. The van der Waals surface area contributed by atoms with Crippen molar-refractivity contribution in [1.82, 2.24) is 4.90 Å². The van der Waals surface area contributed by atoms with Crippen molar-refractivity contribution in [1.29, 1.82) is 10.8 Å². The lowest BCUT2D eigenvalue weighted by molar-refractivity contribution is -0.143. The molecule has 5 atom stereocenters. The molecule has 5 unspecified atom stereocenters. The molecule has 2 N–H and O–H groups in total. The summed E-state index contributed by atoms with van der Waals surface area (Å²) < 4.78 is 14.4. The van der Waals surface area contributed by atoms with Crippen LogP contribution in [0.1, 0.15) is 32.3 Å². The molecule has 164 valence electrons. The van der Waals surface area contributed by atoms with Gasteiger partial charge in [-0.2, -0.15) is 10.2 Å². The van der Waals surface area contributed by atoms with Crippen LogP contribution < -0.4 is 0 Å². The number of halogens is 1. The van der Waals surface area contributed by atoms with E-state index in [1.165, 1.54) is 17.9 Å². The van der Waals surface area contributed by atoms with Crippen LogP contribution >= 0.6 is 0 Å². The average Bonchev–Trinajstić information content (AvgIpc) is 3.23. The quantitative estimate of drug-likeness (QED) is 0.683. The van der Waals surface area contributed by atoms with E-state index >= 15 is 0 Å². The number of benzene rings is 1. The van der Waals surface area contributed by atoms with Crippen LogP contribution in [0.5, 0.6) is 0 Å². The topological polar surface area (TPSA) is 92.7 Å². The normalized spacial score (nSPS) is 38.3. The van der Waals surface area contributed by atoms with Crippen molar-refractivity contribution in [3.05, 3.63) is 47.3 Å². The molecular formula is C25H26FN5O. The number of carbonyl (C=O) groups excluding carboxylic acids is 1. The lowest BCUT2D eigenvalue weighted by Crippen LogP contribution is -2.57. The fraction of sp³-hybridized carbons (Fsp3) is 0.480. The van der Waals surface area contributed by atoms with Crippen molar-refractivity contribution in [2.45, 2.75) is 26.7 Å². The number of carbonyl (C=O) groups is 1. The second-order valence-electron chi connectivity index (χ2n) is 9.96. The molecular weight excluding hydrogens is 405 g/mol. The summed E-state index contributed by atoms with van der Waals surface area (Å²) in [6.45, 7) is 5.12. The molecule has 7 heteroatoms.